The van der Waals surface area contributed by atoms with Gasteiger partial charge in [0.05, 0.1) is 6.42 Å². The summed E-state index contributed by atoms with van der Waals surface area (Å²) >= 11 is 3.37. The molecule has 1 amide bonds. The number of rotatable bonds is 1. The molecule has 0 radical (unpaired) electrons. The predicted molar refractivity (Wildman–Crippen MR) is 57.2 cm³/mol. The molecular weight excluding hydrogens is 244 g/mol. The maximum Gasteiger partial charge on any atom is 0.280 e. The summed E-state index contributed by atoms with van der Waals surface area (Å²) in [6, 6.07) is 7.94. The predicted octanol–water partition coefficient (Wildman–Crippen LogP) is 1.32. The quantitative estimate of drug-likeness (QED) is 0.753. The molecule has 1 N–H and O–H groups in total. The summed E-state index contributed by atoms with van der Waals surface area (Å²) < 4.78 is 2.87. The standard InChI is InChI=1S/C10H9BrN2O/c11-9-3-1-8(2-4-9)7-13-6-5-10(14)12-13/h1-4,7H,5-6H2/p+1/b13-7-. The molecule has 72 valence electrons. The molecule has 2 rings (SSSR count). The monoisotopic (exact) mass is 253 g/mol. The van der Waals surface area contributed by atoms with Gasteiger partial charge < -0.3 is 0 Å². The number of benzene rings is 1. The number of hydrazone groups is 1. The smallest absolute Gasteiger partial charge is 0.269 e. The lowest BCUT2D eigenvalue weighted by Crippen LogP contribution is -2.25. The van der Waals surface area contributed by atoms with Crippen molar-refractivity contribution in [3.8, 4) is 0 Å². The number of hydrazine groups is 1. The maximum atomic E-state index is 10.9. The average molecular weight is 254 g/mol. The van der Waals surface area contributed by atoms with E-state index in [0.717, 1.165) is 16.6 Å². The van der Waals surface area contributed by atoms with Crippen molar-refractivity contribution < 1.29 is 9.48 Å². The molecular formula is C10H10BrN2O+. The van der Waals surface area contributed by atoms with Crippen LogP contribution in [0.3, 0.4) is 0 Å². The van der Waals surface area contributed by atoms with Crippen molar-refractivity contribution in [2.45, 2.75) is 6.42 Å². The first kappa shape index (κ1) is 9.40. The second-order valence-corrected chi connectivity index (χ2v) is 4.07. The Morgan fingerprint density at radius 2 is 2.07 bits per heavy atom. The molecule has 1 fully saturated rings. The summed E-state index contributed by atoms with van der Waals surface area (Å²) in [7, 11) is 0. The first-order chi connectivity index (χ1) is 6.74. The first-order valence-corrected chi connectivity index (χ1v) is 5.20. The number of halogens is 1. The highest BCUT2D eigenvalue weighted by Crippen LogP contribution is 2.09. The number of nitrogens with zero attached hydrogens (tertiary/aromatic N) is 1. The zero-order chi connectivity index (χ0) is 9.97. The van der Waals surface area contributed by atoms with Crippen LogP contribution in [0.15, 0.2) is 28.7 Å². The molecule has 14 heavy (non-hydrogen) atoms. The number of hydrogen-bond donors (Lipinski definition) is 1. The van der Waals surface area contributed by atoms with Crippen LogP contribution in [0.4, 0.5) is 0 Å². The van der Waals surface area contributed by atoms with Gasteiger partial charge in [-0.3, -0.25) is 4.79 Å². The molecule has 0 aromatic heterocycles. The fourth-order valence-electron chi connectivity index (χ4n) is 1.32. The number of hydrogen-bond acceptors (Lipinski definition) is 1. The summed E-state index contributed by atoms with van der Waals surface area (Å²) in [6.07, 6.45) is 2.50. The molecule has 0 spiro atoms. The van der Waals surface area contributed by atoms with E-state index in [9.17, 15) is 4.79 Å². The van der Waals surface area contributed by atoms with E-state index >= 15 is 0 Å². The third-order valence-electron chi connectivity index (χ3n) is 2.02. The number of amides is 1. The highest BCUT2D eigenvalue weighted by molar-refractivity contribution is 9.10. The normalized spacial score (nSPS) is 18.6. The molecule has 0 bridgehead atoms. The van der Waals surface area contributed by atoms with Gasteiger partial charge in [-0.25, -0.2) is 0 Å². The van der Waals surface area contributed by atoms with Crippen LogP contribution < -0.4 is 5.43 Å². The molecule has 1 aliphatic rings. The zero-order valence-corrected chi connectivity index (χ0v) is 9.12. The minimum atomic E-state index is 0.0818. The van der Waals surface area contributed by atoms with E-state index < -0.39 is 0 Å². The van der Waals surface area contributed by atoms with Crippen LogP contribution >= 0.6 is 15.9 Å². The third kappa shape index (κ3) is 2.20. The molecule has 4 heteroatoms. The van der Waals surface area contributed by atoms with Crippen molar-refractivity contribution in [2.24, 2.45) is 0 Å². The van der Waals surface area contributed by atoms with Gasteiger partial charge in [-0.15, -0.1) is 10.1 Å². The van der Waals surface area contributed by atoms with Gasteiger partial charge in [0, 0.05) is 10.0 Å². The van der Waals surface area contributed by atoms with E-state index in [2.05, 4.69) is 21.4 Å². The summed E-state index contributed by atoms with van der Waals surface area (Å²) in [5.74, 6) is 0.0818. The molecule has 1 aromatic rings. The van der Waals surface area contributed by atoms with Gasteiger partial charge in [0.2, 0.25) is 6.21 Å². The fraction of sp³-hybridized carbons (Fsp3) is 0.200. The third-order valence-corrected chi connectivity index (χ3v) is 2.55. The summed E-state index contributed by atoms with van der Waals surface area (Å²) in [5.41, 5.74) is 3.82. The molecule has 1 heterocycles. The molecule has 0 aliphatic carbocycles. The SMILES string of the molecule is O=C1CC/[N+](=C/c2ccc(Br)cc2)N1. The first-order valence-electron chi connectivity index (χ1n) is 4.40. The van der Waals surface area contributed by atoms with Crippen molar-refractivity contribution in [3.05, 3.63) is 34.3 Å². The molecule has 0 unspecified atom stereocenters. The van der Waals surface area contributed by atoms with E-state index in [1.807, 2.05) is 35.2 Å². The van der Waals surface area contributed by atoms with Gasteiger partial charge in [-0.05, 0) is 24.3 Å². The van der Waals surface area contributed by atoms with Crippen molar-refractivity contribution in [3.63, 3.8) is 0 Å². The average Bonchev–Trinajstić information content (AvgIpc) is 2.56. The van der Waals surface area contributed by atoms with Crippen molar-refractivity contribution in [2.75, 3.05) is 6.54 Å². The minimum Gasteiger partial charge on any atom is -0.269 e. The Morgan fingerprint density at radius 1 is 1.36 bits per heavy atom. The van der Waals surface area contributed by atoms with Crippen LogP contribution in [0.5, 0.6) is 0 Å². The maximum absolute atomic E-state index is 10.9. The number of carbonyl (C=O) groups is 1. The summed E-state index contributed by atoms with van der Waals surface area (Å²) in [4.78, 5) is 10.9. The topological polar surface area (TPSA) is 32.1 Å². The number of nitrogens with one attached hydrogen (secondary N) is 1. The van der Waals surface area contributed by atoms with E-state index in [1.54, 1.807) is 0 Å². The summed E-state index contributed by atoms with van der Waals surface area (Å²) in [5, 5.41) is 0. The lowest BCUT2D eigenvalue weighted by molar-refractivity contribution is -0.553. The largest absolute Gasteiger partial charge is 0.280 e. The molecule has 0 atom stereocenters. The van der Waals surface area contributed by atoms with Crippen LogP contribution in [-0.2, 0) is 4.79 Å². The van der Waals surface area contributed by atoms with Crippen LogP contribution in [0.25, 0.3) is 0 Å². The Bertz CT molecular complexity index is 384. The van der Waals surface area contributed by atoms with Gasteiger partial charge in [-0.1, -0.05) is 15.9 Å². The highest BCUT2D eigenvalue weighted by atomic mass is 79.9. The van der Waals surface area contributed by atoms with Gasteiger partial charge in [-0.2, -0.15) is 0 Å². The Morgan fingerprint density at radius 3 is 2.64 bits per heavy atom. The summed E-state index contributed by atoms with van der Waals surface area (Å²) in [6.45, 7) is 0.745. The van der Waals surface area contributed by atoms with E-state index in [-0.39, 0.29) is 5.91 Å². The second-order valence-electron chi connectivity index (χ2n) is 3.16. The van der Waals surface area contributed by atoms with Gasteiger partial charge in [0.15, 0.2) is 6.54 Å². The van der Waals surface area contributed by atoms with Crippen LogP contribution in [0, 0.1) is 0 Å². The van der Waals surface area contributed by atoms with E-state index in [0.29, 0.717) is 6.42 Å². The molecule has 1 saturated heterocycles. The van der Waals surface area contributed by atoms with Crippen molar-refractivity contribution in [1.29, 1.82) is 0 Å². The Labute approximate surface area is 90.5 Å². The van der Waals surface area contributed by atoms with E-state index in [4.69, 9.17) is 0 Å². The van der Waals surface area contributed by atoms with Gasteiger partial charge in [0.1, 0.15) is 0 Å². The fourth-order valence-corrected chi connectivity index (χ4v) is 1.58. The Kier molecular flexibility index (Phi) is 2.63. The van der Waals surface area contributed by atoms with Gasteiger partial charge in [0.25, 0.3) is 5.91 Å². The second kappa shape index (κ2) is 3.92. The van der Waals surface area contributed by atoms with Crippen molar-refractivity contribution in [1.82, 2.24) is 5.43 Å². The highest BCUT2D eigenvalue weighted by Gasteiger charge is 2.20. The van der Waals surface area contributed by atoms with E-state index in [1.165, 1.54) is 0 Å². The van der Waals surface area contributed by atoms with Gasteiger partial charge >= 0.3 is 0 Å². The number of carbonyl (C=O) groups excluding carboxylic acids is 1. The lowest BCUT2D eigenvalue weighted by Gasteiger charge is -1.93. The molecule has 0 saturated carbocycles. The lowest BCUT2D eigenvalue weighted by atomic mass is 10.2. The van der Waals surface area contributed by atoms with Crippen LogP contribution in [0.2, 0.25) is 0 Å². The molecule has 1 aromatic carbocycles. The van der Waals surface area contributed by atoms with Crippen LogP contribution in [0.1, 0.15) is 12.0 Å². The minimum absolute atomic E-state index is 0.0818. The molecule has 3 nitrogen and oxygen atoms in total. The zero-order valence-electron chi connectivity index (χ0n) is 7.53. The van der Waals surface area contributed by atoms with Crippen LogP contribution in [-0.4, -0.2) is 23.4 Å². The van der Waals surface area contributed by atoms with Crippen molar-refractivity contribution >= 4 is 28.1 Å². The Hall–Kier alpha value is -1.16. The Balaban J connectivity index is 2.17. The molecule has 1 aliphatic heterocycles.